The highest BCUT2D eigenvalue weighted by molar-refractivity contribution is 7.72. The van der Waals surface area contributed by atoms with Crippen LogP contribution in [0, 0.1) is 0 Å². The van der Waals surface area contributed by atoms with Crippen molar-refractivity contribution < 1.29 is 18.3 Å². The molecular weight excluding hydrogens is 288 g/mol. The van der Waals surface area contributed by atoms with Crippen LogP contribution >= 0.6 is 11.3 Å². The summed E-state index contributed by atoms with van der Waals surface area (Å²) in [6.45, 7) is 0.379. The van der Waals surface area contributed by atoms with Crippen LogP contribution in [0.15, 0.2) is 17.5 Å². The maximum Gasteiger partial charge on any atom is 0.407 e. The number of hydrogen-bond donors (Lipinski definition) is 2. The minimum Gasteiger partial charge on any atom is -0.465 e. The molecule has 8 heteroatoms. The highest BCUT2D eigenvalue weighted by Crippen LogP contribution is 2.14. The SMILES string of the molecule is CN(C[C@@H](Cc1cccs1)N(C)C(=O)O)C[SH](=O)=O. The normalized spacial score (nSPS) is 12.8. The van der Waals surface area contributed by atoms with Crippen LogP contribution in [-0.4, -0.2) is 62.0 Å². The molecule has 1 rings (SSSR count). The third kappa shape index (κ3) is 5.58. The molecule has 0 fully saturated rings. The van der Waals surface area contributed by atoms with E-state index in [0.29, 0.717) is 13.0 Å². The van der Waals surface area contributed by atoms with Crippen LogP contribution in [0.5, 0.6) is 0 Å². The summed E-state index contributed by atoms with van der Waals surface area (Å²) in [5.74, 6) is -0.0657. The molecule has 1 atom stereocenters. The quantitative estimate of drug-likeness (QED) is 0.728. The third-order valence-corrected chi connectivity index (χ3v) is 4.36. The third-order valence-electron chi connectivity index (χ3n) is 2.75. The van der Waals surface area contributed by atoms with Gasteiger partial charge in [-0.3, -0.25) is 4.90 Å². The largest absolute Gasteiger partial charge is 0.465 e. The van der Waals surface area contributed by atoms with Gasteiger partial charge in [0.15, 0.2) is 10.7 Å². The summed E-state index contributed by atoms with van der Waals surface area (Å²) < 4.78 is 21.4. The number of likely N-dealkylation sites (N-methyl/N-ethyl adjacent to an activating group) is 2. The number of carbonyl (C=O) groups is 1. The summed E-state index contributed by atoms with van der Waals surface area (Å²) in [7, 11) is 0.682. The Labute approximate surface area is 118 Å². The van der Waals surface area contributed by atoms with E-state index in [0.717, 1.165) is 4.88 Å². The molecule has 0 aliphatic carbocycles. The average molecular weight is 306 g/mol. The van der Waals surface area contributed by atoms with Crippen molar-refractivity contribution in [2.75, 3.05) is 26.5 Å². The molecule has 0 spiro atoms. The van der Waals surface area contributed by atoms with Crippen molar-refractivity contribution in [3.8, 4) is 0 Å². The van der Waals surface area contributed by atoms with Crippen molar-refractivity contribution in [1.29, 1.82) is 0 Å². The first-order chi connectivity index (χ1) is 8.90. The zero-order valence-electron chi connectivity index (χ0n) is 10.9. The van der Waals surface area contributed by atoms with Gasteiger partial charge >= 0.3 is 6.09 Å². The molecule has 1 heterocycles. The minimum absolute atomic E-state index is 0.0657. The lowest BCUT2D eigenvalue weighted by Crippen LogP contribution is -2.45. The summed E-state index contributed by atoms with van der Waals surface area (Å²) in [4.78, 5) is 15.0. The molecule has 1 amide bonds. The van der Waals surface area contributed by atoms with Crippen LogP contribution in [0.25, 0.3) is 0 Å². The van der Waals surface area contributed by atoms with Gasteiger partial charge in [0.1, 0.15) is 0 Å². The van der Waals surface area contributed by atoms with E-state index in [9.17, 15) is 13.2 Å². The van der Waals surface area contributed by atoms with E-state index in [1.165, 1.54) is 11.9 Å². The topological polar surface area (TPSA) is 77.9 Å². The lowest BCUT2D eigenvalue weighted by Gasteiger charge is -2.28. The number of amides is 1. The molecule has 6 nitrogen and oxygen atoms in total. The molecule has 1 aromatic heterocycles. The molecule has 0 aromatic carbocycles. The van der Waals surface area contributed by atoms with E-state index in [1.807, 2.05) is 17.5 Å². The first-order valence-corrected chi connectivity index (χ1v) is 7.93. The van der Waals surface area contributed by atoms with Gasteiger partial charge in [-0.1, -0.05) is 6.07 Å². The fourth-order valence-electron chi connectivity index (χ4n) is 1.76. The van der Waals surface area contributed by atoms with E-state index < -0.39 is 16.8 Å². The van der Waals surface area contributed by atoms with Crippen LogP contribution in [-0.2, 0) is 17.1 Å². The first-order valence-electron chi connectivity index (χ1n) is 5.68. The Balaban J connectivity index is 2.71. The summed E-state index contributed by atoms with van der Waals surface area (Å²) in [5.41, 5.74) is 0. The first kappa shape index (κ1) is 15.9. The van der Waals surface area contributed by atoms with Gasteiger partial charge in [0.2, 0.25) is 0 Å². The molecule has 0 bridgehead atoms. The van der Waals surface area contributed by atoms with Crippen molar-refractivity contribution in [1.82, 2.24) is 9.80 Å². The second kappa shape index (κ2) is 7.46. The van der Waals surface area contributed by atoms with Gasteiger partial charge in [-0.15, -0.1) is 11.3 Å². The van der Waals surface area contributed by atoms with Crippen LogP contribution in [0.1, 0.15) is 4.88 Å². The minimum atomic E-state index is -2.49. The van der Waals surface area contributed by atoms with Crippen LogP contribution in [0.3, 0.4) is 0 Å². The van der Waals surface area contributed by atoms with Crippen molar-refractivity contribution in [2.45, 2.75) is 12.5 Å². The number of carboxylic acid groups (broad SMARTS) is 1. The number of thiophene rings is 1. The monoisotopic (exact) mass is 306 g/mol. The molecule has 0 radical (unpaired) electrons. The summed E-state index contributed by atoms with van der Waals surface area (Å²) in [5, 5.41) is 11.0. The van der Waals surface area contributed by atoms with Crippen molar-refractivity contribution in [3.05, 3.63) is 22.4 Å². The molecule has 108 valence electrons. The molecule has 0 unspecified atom stereocenters. The van der Waals surface area contributed by atoms with Gasteiger partial charge in [-0.25, -0.2) is 13.2 Å². The lowest BCUT2D eigenvalue weighted by atomic mass is 10.1. The molecule has 1 N–H and O–H groups in total. The Morgan fingerprint density at radius 2 is 2.16 bits per heavy atom. The maximum absolute atomic E-state index is 11.1. The van der Waals surface area contributed by atoms with Crippen molar-refractivity contribution in [2.24, 2.45) is 0 Å². The number of rotatable bonds is 7. The van der Waals surface area contributed by atoms with Crippen LogP contribution in [0.2, 0.25) is 0 Å². The second-order valence-corrected chi connectivity index (χ2v) is 6.32. The molecule has 0 saturated carbocycles. The predicted octanol–water partition coefficient (Wildman–Crippen LogP) is 0.770. The highest BCUT2D eigenvalue weighted by Gasteiger charge is 2.21. The van der Waals surface area contributed by atoms with Gasteiger partial charge in [-0.2, -0.15) is 0 Å². The van der Waals surface area contributed by atoms with Crippen molar-refractivity contribution >= 4 is 28.1 Å². The summed E-state index contributed by atoms with van der Waals surface area (Å²) in [6, 6.07) is 3.59. The average Bonchev–Trinajstić information content (AvgIpc) is 2.78. The Hall–Kier alpha value is -1.12. The summed E-state index contributed by atoms with van der Waals surface area (Å²) in [6.07, 6.45) is -0.429. The fraction of sp³-hybridized carbons (Fsp3) is 0.545. The van der Waals surface area contributed by atoms with Gasteiger partial charge < -0.3 is 10.0 Å². The van der Waals surface area contributed by atoms with E-state index in [1.54, 1.807) is 23.3 Å². The molecular formula is C11H18N2O4S2. The van der Waals surface area contributed by atoms with Gasteiger partial charge in [-0.05, 0) is 18.5 Å². The Morgan fingerprint density at radius 3 is 2.63 bits per heavy atom. The second-order valence-electron chi connectivity index (χ2n) is 4.34. The molecule has 0 aliphatic rings. The van der Waals surface area contributed by atoms with Gasteiger partial charge in [0.25, 0.3) is 0 Å². The molecule has 19 heavy (non-hydrogen) atoms. The van der Waals surface area contributed by atoms with Gasteiger partial charge in [0.05, 0.1) is 11.9 Å². The molecule has 0 saturated heterocycles. The zero-order valence-corrected chi connectivity index (χ0v) is 12.6. The predicted molar refractivity (Wildman–Crippen MR) is 75.4 cm³/mol. The molecule has 0 aliphatic heterocycles. The Kier molecular flexibility index (Phi) is 6.26. The zero-order chi connectivity index (χ0) is 14.4. The Bertz CT molecular complexity index is 465. The van der Waals surface area contributed by atoms with Crippen molar-refractivity contribution in [3.63, 3.8) is 0 Å². The molecule has 1 aromatic rings. The van der Waals surface area contributed by atoms with Crippen LogP contribution in [0.4, 0.5) is 4.79 Å². The fourth-order valence-corrected chi connectivity index (χ4v) is 3.04. The standard InChI is InChI=1S/C11H18N2O4S2/c1-12(8-19(16)17)7-9(13(2)11(14)15)6-10-4-3-5-18-10/h3-5,9,19H,6-8H2,1-2H3,(H,14,15)/t9-/m1/s1. The smallest absolute Gasteiger partial charge is 0.407 e. The maximum atomic E-state index is 11.1. The number of thiol groups is 1. The van der Waals surface area contributed by atoms with E-state index in [-0.39, 0.29) is 11.9 Å². The van der Waals surface area contributed by atoms with Gasteiger partial charge in [0, 0.05) is 24.9 Å². The Morgan fingerprint density at radius 1 is 1.47 bits per heavy atom. The highest BCUT2D eigenvalue weighted by atomic mass is 32.2. The number of hydrogen-bond acceptors (Lipinski definition) is 5. The van der Waals surface area contributed by atoms with E-state index in [4.69, 9.17) is 5.11 Å². The van der Waals surface area contributed by atoms with Crippen LogP contribution < -0.4 is 0 Å². The van der Waals surface area contributed by atoms with E-state index >= 15 is 0 Å². The summed E-state index contributed by atoms with van der Waals surface area (Å²) >= 11 is 1.56. The lowest BCUT2D eigenvalue weighted by molar-refractivity contribution is 0.128. The van der Waals surface area contributed by atoms with E-state index in [2.05, 4.69) is 0 Å². The number of nitrogens with zero attached hydrogens (tertiary/aromatic N) is 2.